The normalized spacial score (nSPS) is 12.0. The van der Waals surface area contributed by atoms with E-state index in [9.17, 15) is 9.90 Å². The lowest BCUT2D eigenvalue weighted by Crippen LogP contribution is -2.33. The molecule has 0 heterocycles. The summed E-state index contributed by atoms with van der Waals surface area (Å²) in [7, 11) is 3.44. The molecule has 0 aromatic heterocycles. The highest BCUT2D eigenvalue weighted by Crippen LogP contribution is 2.24. The summed E-state index contributed by atoms with van der Waals surface area (Å²) in [5.74, 6) is -0.0529. The van der Waals surface area contributed by atoms with Gasteiger partial charge >= 0.3 is 0 Å². The van der Waals surface area contributed by atoms with Gasteiger partial charge in [0.15, 0.2) is 0 Å². The minimum absolute atomic E-state index is 0.0529. The summed E-state index contributed by atoms with van der Waals surface area (Å²) < 4.78 is 0. The maximum Gasteiger partial charge on any atom is 0.239 e. The molecule has 4 heteroatoms. The quantitative estimate of drug-likeness (QED) is 0.796. The molecule has 1 aromatic rings. The van der Waals surface area contributed by atoms with Crippen LogP contribution in [0.1, 0.15) is 18.6 Å². The number of nitrogens with one attached hydrogen (secondary N) is 1. The first-order valence-corrected chi connectivity index (χ1v) is 5.25. The van der Waals surface area contributed by atoms with Crippen LogP contribution in [0, 0.1) is 0 Å². The molecule has 1 atom stereocenters. The van der Waals surface area contributed by atoms with E-state index >= 15 is 0 Å². The van der Waals surface area contributed by atoms with Crippen LogP contribution in [0.3, 0.4) is 0 Å². The SMILES string of the molecule is CNC(=O)CN(C)c1ccccc1[C@@H](C)O. The molecule has 0 aliphatic rings. The second-order valence-corrected chi connectivity index (χ2v) is 3.76. The third kappa shape index (κ3) is 2.97. The predicted molar refractivity (Wildman–Crippen MR) is 64.4 cm³/mol. The largest absolute Gasteiger partial charge is 0.389 e. The van der Waals surface area contributed by atoms with Gasteiger partial charge in [0, 0.05) is 25.3 Å². The van der Waals surface area contributed by atoms with Gasteiger partial charge in [0.2, 0.25) is 5.91 Å². The van der Waals surface area contributed by atoms with E-state index in [2.05, 4.69) is 5.32 Å². The molecule has 2 N–H and O–H groups in total. The van der Waals surface area contributed by atoms with Crippen molar-refractivity contribution in [2.75, 3.05) is 25.5 Å². The Hall–Kier alpha value is -1.55. The second kappa shape index (κ2) is 5.51. The smallest absolute Gasteiger partial charge is 0.239 e. The number of rotatable bonds is 4. The number of nitrogens with zero attached hydrogens (tertiary/aromatic N) is 1. The molecule has 0 aliphatic heterocycles. The summed E-state index contributed by atoms with van der Waals surface area (Å²) in [6.45, 7) is 1.99. The number of carbonyl (C=O) groups is 1. The number of likely N-dealkylation sites (N-methyl/N-ethyl adjacent to an activating group) is 2. The van der Waals surface area contributed by atoms with Crippen LogP contribution in [0.2, 0.25) is 0 Å². The summed E-state index contributed by atoms with van der Waals surface area (Å²) in [5, 5.41) is 12.2. The molecular formula is C12H18N2O2. The van der Waals surface area contributed by atoms with E-state index in [1.54, 1.807) is 14.0 Å². The molecule has 0 radical (unpaired) electrons. The minimum Gasteiger partial charge on any atom is -0.389 e. The standard InChI is InChI=1S/C12H18N2O2/c1-9(15)10-6-4-5-7-11(10)14(3)8-12(16)13-2/h4-7,9,15H,8H2,1-3H3,(H,13,16)/t9-/m1/s1. The van der Waals surface area contributed by atoms with Gasteiger partial charge in [0.05, 0.1) is 12.6 Å². The highest BCUT2D eigenvalue weighted by Gasteiger charge is 2.12. The van der Waals surface area contributed by atoms with E-state index in [1.807, 2.05) is 36.2 Å². The molecular weight excluding hydrogens is 204 g/mol. The average molecular weight is 222 g/mol. The van der Waals surface area contributed by atoms with E-state index in [4.69, 9.17) is 0 Å². The first kappa shape index (κ1) is 12.5. The molecule has 0 saturated heterocycles. The summed E-state index contributed by atoms with van der Waals surface area (Å²) in [5.41, 5.74) is 1.70. The van der Waals surface area contributed by atoms with Crippen molar-refractivity contribution >= 4 is 11.6 Å². The van der Waals surface area contributed by atoms with Crippen molar-refractivity contribution in [3.8, 4) is 0 Å². The molecule has 1 aromatic carbocycles. The zero-order chi connectivity index (χ0) is 12.1. The number of carbonyl (C=O) groups excluding carboxylic acids is 1. The van der Waals surface area contributed by atoms with Gasteiger partial charge in [0.1, 0.15) is 0 Å². The molecule has 0 fully saturated rings. The van der Waals surface area contributed by atoms with Crippen LogP contribution in [0.5, 0.6) is 0 Å². The van der Waals surface area contributed by atoms with Crippen LogP contribution in [0.15, 0.2) is 24.3 Å². The van der Waals surface area contributed by atoms with Crippen molar-refractivity contribution in [2.24, 2.45) is 0 Å². The van der Waals surface area contributed by atoms with Crippen molar-refractivity contribution in [1.29, 1.82) is 0 Å². The average Bonchev–Trinajstić information content (AvgIpc) is 2.28. The van der Waals surface area contributed by atoms with Crippen molar-refractivity contribution in [1.82, 2.24) is 5.32 Å². The lowest BCUT2D eigenvalue weighted by atomic mass is 10.1. The third-order valence-electron chi connectivity index (χ3n) is 2.46. The van der Waals surface area contributed by atoms with E-state index in [0.29, 0.717) is 0 Å². The van der Waals surface area contributed by atoms with Crippen LogP contribution in [-0.4, -0.2) is 31.7 Å². The molecule has 1 rings (SSSR count). The molecule has 0 saturated carbocycles. The van der Waals surface area contributed by atoms with Crippen LogP contribution in [0.25, 0.3) is 0 Å². The molecule has 0 aliphatic carbocycles. The van der Waals surface area contributed by atoms with Crippen molar-refractivity contribution in [3.05, 3.63) is 29.8 Å². The van der Waals surface area contributed by atoms with Gasteiger partial charge in [0.25, 0.3) is 0 Å². The van der Waals surface area contributed by atoms with Crippen LogP contribution in [0.4, 0.5) is 5.69 Å². The molecule has 0 unspecified atom stereocenters. The monoisotopic (exact) mass is 222 g/mol. The van der Waals surface area contributed by atoms with Crippen molar-refractivity contribution in [3.63, 3.8) is 0 Å². The number of amides is 1. The van der Waals surface area contributed by atoms with E-state index in [1.165, 1.54) is 0 Å². The number of aliphatic hydroxyl groups is 1. The highest BCUT2D eigenvalue weighted by molar-refractivity contribution is 5.81. The maximum absolute atomic E-state index is 11.3. The fourth-order valence-electron chi connectivity index (χ4n) is 1.57. The van der Waals surface area contributed by atoms with Gasteiger partial charge in [-0.15, -0.1) is 0 Å². The number of benzene rings is 1. The second-order valence-electron chi connectivity index (χ2n) is 3.76. The zero-order valence-electron chi connectivity index (χ0n) is 9.90. The summed E-state index contributed by atoms with van der Waals surface area (Å²) >= 11 is 0. The number of hydrogen-bond donors (Lipinski definition) is 2. The fraction of sp³-hybridized carbons (Fsp3) is 0.417. The fourth-order valence-corrected chi connectivity index (χ4v) is 1.57. The van der Waals surface area contributed by atoms with Crippen LogP contribution >= 0.6 is 0 Å². The number of anilines is 1. The van der Waals surface area contributed by atoms with Crippen molar-refractivity contribution < 1.29 is 9.90 Å². The molecule has 0 spiro atoms. The first-order valence-electron chi connectivity index (χ1n) is 5.25. The Labute approximate surface area is 95.9 Å². The van der Waals surface area contributed by atoms with Gasteiger partial charge in [-0.25, -0.2) is 0 Å². The number of para-hydroxylation sites is 1. The highest BCUT2D eigenvalue weighted by atomic mass is 16.3. The van der Waals surface area contributed by atoms with E-state index < -0.39 is 6.10 Å². The lowest BCUT2D eigenvalue weighted by Gasteiger charge is -2.22. The molecule has 16 heavy (non-hydrogen) atoms. The Morgan fingerprint density at radius 1 is 1.50 bits per heavy atom. The molecule has 88 valence electrons. The van der Waals surface area contributed by atoms with Gasteiger partial charge in [-0.2, -0.15) is 0 Å². The van der Waals surface area contributed by atoms with Gasteiger partial charge in [-0.3, -0.25) is 4.79 Å². The van der Waals surface area contributed by atoms with Crippen LogP contribution in [-0.2, 0) is 4.79 Å². The number of aliphatic hydroxyl groups excluding tert-OH is 1. The lowest BCUT2D eigenvalue weighted by molar-refractivity contribution is -0.119. The van der Waals surface area contributed by atoms with Gasteiger partial charge in [-0.1, -0.05) is 18.2 Å². The Morgan fingerprint density at radius 3 is 2.69 bits per heavy atom. The summed E-state index contributed by atoms with van der Waals surface area (Å²) in [6.07, 6.45) is -0.539. The Balaban J connectivity index is 2.90. The summed E-state index contributed by atoms with van der Waals surface area (Å²) in [6, 6.07) is 7.52. The maximum atomic E-state index is 11.3. The van der Waals surface area contributed by atoms with Crippen LogP contribution < -0.4 is 10.2 Å². The number of hydrogen-bond acceptors (Lipinski definition) is 3. The Kier molecular flexibility index (Phi) is 4.31. The zero-order valence-corrected chi connectivity index (χ0v) is 9.90. The topological polar surface area (TPSA) is 52.6 Å². The Morgan fingerprint density at radius 2 is 2.12 bits per heavy atom. The first-order chi connectivity index (χ1) is 7.56. The van der Waals surface area contributed by atoms with E-state index in [-0.39, 0.29) is 12.5 Å². The molecule has 4 nitrogen and oxygen atoms in total. The van der Waals surface area contributed by atoms with E-state index in [0.717, 1.165) is 11.3 Å². The Bertz CT molecular complexity index is 364. The minimum atomic E-state index is -0.539. The van der Waals surface area contributed by atoms with Gasteiger partial charge in [-0.05, 0) is 13.0 Å². The van der Waals surface area contributed by atoms with Gasteiger partial charge < -0.3 is 15.3 Å². The third-order valence-corrected chi connectivity index (χ3v) is 2.46. The predicted octanol–water partition coefficient (Wildman–Crippen LogP) is 0.922. The molecule has 0 bridgehead atoms. The van der Waals surface area contributed by atoms with Crippen molar-refractivity contribution in [2.45, 2.75) is 13.0 Å². The molecule has 1 amide bonds. The summed E-state index contributed by atoms with van der Waals surface area (Å²) in [4.78, 5) is 13.1.